The van der Waals surface area contributed by atoms with Crippen LogP contribution in [0.3, 0.4) is 0 Å². The van der Waals surface area contributed by atoms with Crippen LogP contribution in [0.2, 0.25) is 0 Å². The van der Waals surface area contributed by atoms with Gasteiger partial charge in [0.05, 0.1) is 6.61 Å². The Morgan fingerprint density at radius 1 is 1.32 bits per heavy atom. The minimum absolute atomic E-state index is 0.0164. The van der Waals surface area contributed by atoms with Gasteiger partial charge in [0.2, 0.25) is 5.91 Å². The van der Waals surface area contributed by atoms with Crippen molar-refractivity contribution in [3.63, 3.8) is 0 Å². The maximum Gasteiger partial charge on any atom is 0.243 e. The SMILES string of the molecule is C=C(C)CNC(=NCC(=O)N(C)C)N1CC=C(c2ccc(OCC)cc2)CC1. The highest BCUT2D eigenvalue weighted by Crippen LogP contribution is 2.24. The van der Waals surface area contributed by atoms with Crippen LogP contribution in [0.4, 0.5) is 0 Å². The molecule has 1 aliphatic rings. The van der Waals surface area contributed by atoms with Gasteiger partial charge >= 0.3 is 0 Å². The zero-order chi connectivity index (χ0) is 20.5. The van der Waals surface area contributed by atoms with E-state index in [1.165, 1.54) is 11.1 Å². The quantitative estimate of drug-likeness (QED) is 0.446. The number of likely N-dealkylation sites (N-methyl/N-ethyl adjacent to an activating group) is 1. The number of rotatable bonds is 7. The molecule has 0 radical (unpaired) electrons. The number of aliphatic imine (C=N–C) groups is 1. The molecule has 1 N–H and O–H groups in total. The van der Waals surface area contributed by atoms with E-state index >= 15 is 0 Å². The Kier molecular flexibility index (Phi) is 8.11. The number of carbonyl (C=O) groups excluding carboxylic acids is 1. The lowest BCUT2D eigenvalue weighted by atomic mass is 9.99. The molecular weight excluding hydrogens is 352 g/mol. The topological polar surface area (TPSA) is 57.2 Å². The van der Waals surface area contributed by atoms with Crippen molar-refractivity contribution in [3.05, 3.63) is 48.1 Å². The van der Waals surface area contributed by atoms with Gasteiger partial charge in [0, 0.05) is 33.7 Å². The Bertz CT molecular complexity index is 735. The molecule has 0 fully saturated rings. The van der Waals surface area contributed by atoms with Crippen molar-refractivity contribution in [1.82, 2.24) is 15.1 Å². The van der Waals surface area contributed by atoms with Gasteiger partial charge < -0.3 is 19.9 Å². The summed E-state index contributed by atoms with van der Waals surface area (Å²) in [6.45, 7) is 10.9. The van der Waals surface area contributed by atoms with Gasteiger partial charge in [0.1, 0.15) is 12.3 Å². The summed E-state index contributed by atoms with van der Waals surface area (Å²) in [4.78, 5) is 20.2. The zero-order valence-corrected chi connectivity index (χ0v) is 17.5. The number of amides is 1. The van der Waals surface area contributed by atoms with E-state index in [9.17, 15) is 4.79 Å². The minimum atomic E-state index is -0.0164. The number of hydrogen-bond acceptors (Lipinski definition) is 3. The van der Waals surface area contributed by atoms with Crippen molar-refractivity contribution in [2.75, 3.05) is 46.9 Å². The predicted molar refractivity (Wildman–Crippen MR) is 116 cm³/mol. The Hall–Kier alpha value is -2.76. The Labute approximate surface area is 168 Å². The fraction of sp³-hybridized carbons (Fsp3) is 0.455. The highest BCUT2D eigenvalue weighted by atomic mass is 16.5. The summed E-state index contributed by atoms with van der Waals surface area (Å²) in [6, 6.07) is 8.24. The molecule has 1 amide bonds. The maximum atomic E-state index is 11.9. The van der Waals surface area contributed by atoms with Crippen LogP contribution < -0.4 is 10.1 Å². The molecule has 1 aromatic carbocycles. The minimum Gasteiger partial charge on any atom is -0.494 e. The summed E-state index contributed by atoms with van der Waals surface area (Å²) in [6.07, 6.45) is 3.15. The van der Waals surface area contributed by atoms with Crippen molar-refractivity contribution in [1.29, 1.82) is 0 Å². The summed E-state index contributed by atoms with van der Waals surface area (Å²) >= 11 is 0. The summed E-state index contributed by atoms with van der Waals surface area (Å²) in [5.74, 6) is 1.63. The third-order valence-electron chi connectivity index (χ3n) is 4.46. The number of carbonyl (C=O) groups is 1. The molecule has 6 nitrogen and oxygen atoms in total. The van der Waals surface area contributed by atoms with Crippen LogP contribution in [0.25, 0.3) is 5.57 Å². The number of guanidine groups is 1. The van der Waals surface area contributed by atoms with Crippen LogP contribution in [0.5, 0.6) is 5.75 Å². The second-order valence-electron chi connectivity index (χ2n) is 7.12. The van der Waals surface area contributed by atoms with Crippen molar-refractivity contribution in [2.24, 2.45) is 4.99 Å². The van der Waals surface area contributed by atoms with Crippen molar-refractivity contribution in [2.45, 2.75) is 20.3 Å². The van der Waals surface area contributed by atoms with E-state index in [1.807, 2.05) is 26.0 Å². The Morgan fingerprint density at radius 2 is 2.04 bits per heavy atom. The van der Waals surface area contributed by atoms with Crippen molar-refractivity contribution < 1.29 is 9.53 Å². The van der Waals surface area contributed by atoms with Gasteiger partial charge in [0.15, 0.2) is 5.96 Å². The van der Waals surface area contributed by atoms with E-state index < -0.39 is 0 Å². The van der Waals surface area contributed by atoms with Gasteiger partial charge in [-0.2, -0.15) is 0 Å². The number of ether oxygens (including phenoxy) is 1. The lowest BCUT2D eigenvalue weighted by Gasteiger charge is -2.30. The number of nitrogens with zero attached hydrogens (tertiary/aromatic N) is 3. The highest BCUT2D eigenvalue weighted by molar-refractivity contribution is 5.85. The predicted octanol–water partition coefficient (Wildman–Crippen LogP) is 2.78. The lowest BCUT2D eigenvalue weighted by Crippen LogP contribution is -2.44. The molecule has 0 bridgehead atoms. The summed E-state index contributed by atoms with van der Waals surface area (Å²) in [7, 11) is 3.48. The van der Waals surface area contributed by atoms with Crippen molar-refractivity contribution >= 4 is 17.4 Å². The molecule has 1 heterocycles. The van der Waals surface area contributed by atoms with Gasteiger partial charge in [0.25, 0.3) is 0 Å². The number of hydrogen-bond donors (Lipinski definition) is 1. The van der Waals surface area contributed by atoms with Crippen molar-refractivity contribution in [3.8, 4) is 5.75 Å². The van der Waals surface area contributed by atoms with Crippen LogP contribution >= 0.6 is 0 Å². The van der Waals surface area contributed by atoms with Crippen LogP contribution in [0, 0.1) is 0 Å². The third-order valence-corrected chi connectivity index (χ3v) is 4.46. The standard InChI is InChI=1S/C22H32N4O2/c1-6-28-20-9-7-18(8-10-20)19-11-13-26(14-12-19)22(23-15-17(2)3)24-16-21(27)25(4)5/h7-11H,2,6,12-16H2,1,3-5H3,(H,23,24). The van der Waals surface area contributed by atoms with Gasteiger partial charge in [-0.1, -0.05) is 30.4 Å². The van der Waals surface area contributed by atoms with Gasteiger partial charge in [-0.25, -0.2) is 4.99 Å². The molecule has 1 aliphatic heterocycles. The fourth-order valence-electron chi connectivity index (χ4n) is 2.84. The van der Waals surface area contributed by atoms with Gasteiger partial charge in [-0.05, 0) is 43.5 Å². The molecule has 0 aromatic heterocycles. The molecule has 152 valence electrons. The normalized spacial score (nSPS) is 14.4. The first-order chi connectivity index (χ1) is 13.4. The second kappa shape index (κ2) is 10.5. The Balaban J connectivity index is 2.06. The maximum absolute atomic E-state index is 11.9. The molecular formula is C22H32N4O2. The van der Waals surface area contributed by atoms with E-state index in [2.05, 4.69) is 40.0 Å². The molecule has 6 heteroatoms. The smallest absolute Gasteiger partial charge is 0.243 e. The first-order valence-electron chi connectivity index (χ1n) is 9.70. The lowest BCUT2D eigenvalue weighted by molar-refractivity contribution is -0.127. The number of benzene rings is 1. The monoisotopic (exact) mass is 384 g/mol. The van der Waals surface area contributed by atoms with E-state index in [4.69, 9.17) is 4.74 Å². The summed E-state index contributed by atoms with van der Waals surface area (Å²) < 4.78 is 5.52. The highest BCUT2D eigenvalue weighted by Gasteiger charge is 2.17. The fourth-order valence-corrected chi connectivity index (χ4v) is 2.84. The van der Waals surface area contributed by atoms with Crippen LogP contribution in [0.15, 0.2) is 47.5 Å². The summed E-state index contributed by atoms with van der Waals surface area (Å²) in [5.41, 5.74) is 3.57. The number of nitrogens with one attached hydrogen (secondary N) is 1. The molecule has 0 saturated carbocycles. The molecule has 0 atom stereocenters. The average molecular weight is 385 g/mol. The largest absolute Gasteiger partial charge is 0.494 e. The van der Waals surface area contributed by atoms with E-state index in [0.29, 0.717) is 13.2 Å². The summed E-state index contributed by atoms with van der Waals surface area (Å²) in [5, 5.41) is 3.32. The average Bonchev–Trinajstić information content (AvgIpc) is 2.68. The van der Waals surface area contributed by atoms with Gasteiger partial charge in [-0.3, -0.25) is 4.79 Å². The first-order valence-corrected chi connectivity index (χ1v) is 9.70. The van der Waals surface area contributed by atoms with E-state index in [0.717, 1.165) is 36.8 Å². The molecule has 0 unspecified atom stereocenters. The molecule has 0 saturated heterocycles. The molecule has 0 aliphatic carbocycles. The van der Waals surface area contributed by atoms with E-state index in [-0.39, 0.29) is 12.5 Å². The molecule has 1 aromatic rings. The molecule has 2 rings (SSSR count). The van der Waals surface area contributed by atoms with Crippen LogP contribution in [-0.4, -0.2) is 68.5 Å². The van der Waals surface area contributed by atoms with Crippen LogP contribution in [0.1, 0.15) is 25.8 Å². The van der Waals surface area contributed by atoms with Crippen LogP contribution in [-0.2, 0) is 4.79 Å². The molecule has 0 spiro atoms. The Morgan fingerprint density at radius 3 is 2.57 bits per heavy atom. The van der Waals surface area contributed by atoms with E-state index in [1.54, 1.807) is 19.0 Å². The second-order valence-corrected chi connectivity index (χ2v) is 7.12. The zero-order valence-electron chi connectivity index (χ0n) is 17.5. The molecule has 28 heavy (non-hydrogen) atoms. The first kappa shape index (κ1) is 21.5. The van der Waals surface area contributed by atoms with Gasteiger partial charge in [-0.15, -0.1) is 0 Å². The third kappa shape index (κ3) is 6.44.